The van der Waals surface area contributed by atoms with Crippen LogP contribution in [0, 0.1) is 0 Å². The van der Waals surface area contributed by atoms with Crippen LogP contribution in [0.25, 0.3) is 0 Å². The van der Waals surface area contributed by atoms with E-state index >= 15 is 0 Å². The summed E-state index contributed by atoms with van der Waals surface area (Å²) in [5, 5.41) is 8.39. The van der Waals surface area contributed by atoms with Crippen molar-refractivity contribution in [3.8, 4) is 0 Å². The van der Waals surface area contributed by atoms with E-state index < -0.39 is 5.91 Å². The second-order valence-corrected chi connectivity index (χ2v) is 3.03. The Balaban J connectivity index is 2.73. The normalized spacial score (nSPS) is 9.88. The largest absolute Gasteiger partial charge is 0.366 e. The fourth-order valence-electron chi connectivity index (χ4n) is 1.10. The van der Waals surface area contributed by atoms with E-state index in [9.17, 15) is 9.59 Å². The van der Waals surface area contributed by atoms with E-state index in [0.717, 1.165) is 0 Å². The molecule has 0 aliphatic rings. The lowest BCUT2D eigenvalue weighted by Crippen LogP contribution is -2.39. The Morgan fingerprint density at radius 3 is 2.69 bits per heavy atom. The first-order valence-electron chi connectivity index (χ1n) is 4.76. The summed E-state index contributed by atoms with van der Waals surface area (Å²) in [6.07, 6.45) is 0. The van der Waals surface area contributed by atoms with Gasteiger partial charge in [-0.05, 0) is 6.92 Å². The third kappa shape index (κ3) is 2.69. The second-order valence-electron chi connectivity index (χ2n) is 3.03. The molecule has 0 aliphatic heterocycles. The Hall–Kier alpha value is -2.12. The lowest BCUT2D eigenvalue weighted by atomic mass is 10.4. The van der Waals surface area contributed by atoms with Crippen molar-refractivity contribution in [3.05, 3.63) is 5.82 Å². The van der Waals surface area contributed by atoms with Crippen molar-refractivity contribution in [3.63, 3.8) is 0 Å². The molecule has 8 nitrogen and oxygen atoms in total. The van der Waals surface area contributed by atoms with Gasteiger partial charge >= 0.3 is 0 Å². The molecule has 0 saturated carbocycles. The zero-order valence-electron chi connectivity index (χ0n) is 9.15. The smallest absolute Gasteiger partial charge is 0.291 e. The van der Waals surface area contributed by atoms with Gasteiger partial charge in [0.15, 0.2) is 0 Å². The van der Waals surface area contributed by atoms with Crippen LogP contribution in [0.3, 0.4) is 0 Å². The van der Waals surface area contributed by atoms with Gasteiger partial charge in [0, 0.05) is 13.6 Å². The highest BCUT2D eigenvalue weighted by atomic mass is 16.2. The van der Waals surface area contributed by atoms with Crippen LogP contribution in [0.5, 0.6) is 0 Å². The minimum Gasteiger partial charge on any atom is -0.366 e. The second kappa shape index (κ2) is 5.10. The molecule has 88 valence electrons. The third-order valence-corrected chi connectivity index (χ3v) is 1.99. The van der Waals surface area contributed by atoms with Crippen LogP contribution in [0.4, 0.5) is 5.95 Å². The van der Waals surface area contributed by atoms with Gasteiger partial charge in [-0.1, -0.05) is 0 Å². The van der Waals surface area contributed by atoms with Crippen molar-refractivity contribution in [2.24, 2.45) is 0 Å². The van der Waals surface area contributed by atoms with Gasteiger partial charge in [0.1, 0.15) is 0 Å². The quantitative estimate of drug-likeness (QED) is 0.583. The highest BCUT2D eigenvalue weighted by Crippen LogP contribution is 2.00. The maximum Gasteiger partial charge on any atom is 0.291 e. The van der Waals surface area contributed by atoms with Crippen molar-refractivity contribution in [1.82, 2.24) is 25.4 Å². The fourth-order valence-corrected chi connectivity index (χ4v) is 1.10. The number of aromatic amines is 1. The molecular weight excluding hydrogens is 212 g/mol. The molecule has 8 heteroatoms. The fraction of sp³-hybridized carbons (Fsp3) is 0.500. The Kier molecular flexibility index (Phi) is 3.81. The summed E-state index contributed by atoms with van der Waals surface area (Å²) < 4.78 is 0. The highest BCUT2D eigenvalue weighted by Gasteiger charge is 2.19. The zero-order valence-corrected chi connectivity index (χ0v) is 9.15. The van der Waals surface area contributed by atoms with Gasteiger partial charge in [0.25, 0.3) is 5.91 Å². The van der Waals surface area contributed by atoms with Crippen molar-refractivity contribution < 1.29 is 9.59 Å². The van der Waals surface area contributed by atoms with E-state index in [-0.39, 0.29) is 24.2 Å². The van der Waals surface area contributed by atoms with Crippen molar-refractivity contribution >= 4 is 17.8 Å². The molecule has 1 aromatic heterocycles. The molecule has 0 spiro atoms. The lowest BCUT2D eigenvalue weighted by molar-refractivity contribution is -0.121. The summed E-state index contributed by atoms with van der Waals surface area (Å²) in [6.45, 7) is 2.14. The van der Waals surface area contributed by atoms with E-state index in [0.29, 0.717) is 6.54 Å². The SMILES string of the molecule is CCN(CC(=O)NC)C(=O)c1nc(N)n[nH]1. The first-order valence-corrected chi connectivity index (χ1v) is 4.76. The molecule has 0 saturated heterocycles. The number of carbonyl (C=O) groups excluding carboxylic acids is 2. The summed E-state index contributed by atoms with van der Waals surface area (Å²) in [5.74, 6) is -0.624. The van der Waals surface area contributed by atoms with Crippen molar-refractivity contribution in [2.45, 2.75) is 6.92 Å². The average Bonchev–Trinajstić information content (AvgIpc) is 2.71. The summed E-state index contributed by atoms with van der Waals surface area (Å²) in [4.78, 5) is 28.0. The lowest BCUT2D eigenvalue weighted by Gasteiger charge is -2.17. The molecule has 0 fully saturated rings. The number of anilines is 1. The third-order valence-electron chi connectivity index (χ3n) is 1.99. The molecule has 1 aromatic rings. The molecule has 0 unspecified atom stereocenters. The number of hydrogen-bond acceptors (Lipinski definition) is 5. The molecule has 1 heterocycles. The zero-order chi connectivity index (χ0) is 12.1. The highest BCUT2D eigenvalue weighted by molar-refractivity contribution is 5.93. The van der Waals surface area contributed by atoms with E-state index in [1.165, 1.54) is 11.9 Å². The number of carbonyl (C=O) groups is 2. The Morgan fingerprint density at radius 2 is 2.25 bits per heavy atom. The summed E-state index contributed by atoms with van der Waals surface area (Å²) in [5.41, 5.74) is 5.28. The number of H-pyrrole nitrogens is 1. The number of rotatable bonds is 4. The number of amides is 2. The molecule has 1 rings (SSSR count). The molecule has 16 heavy (non-hydrogen) atoms. The van der Waals surface area contributed by atoms with E-state index in [1.54, 1.807) is 6.92 Å². The van der Waals surface area contributed by atoms with Gasteiger partial charge in [-0.2, -0.15) is 4.98 Å². The first-order chi connectivity index (χ1) is 7.58. The van der Waals surface area contributed by atoms with E-state index in [1.807, 2.05) is 0 Å². The minimum atomic E-state index is -0.407. The minimum absolute atomic E-state index is 0.000605. The van der Waals surface area contributed by atoms with Crippen LogP contribution >= 0.6 is 0 Å². The van der Waals surface area contributed by atoms with E-state index in [4.69, 9.17) is 5.73 Å². The van der Waals surface area contributed by atoms with Gasteiger partial charge in [-0.15, -0.1) is 5.10 Å². The van der Waals surface area contributed by atoms with Gasteiger partial charge in [0.2, 0.25) is 17.7 Å². The topological polar surface area (TPSA) is 117 Å². The predicted octanol–water partition coefficient (Wildman–Crippen LogP) is -1.40. The average molecular weight is 226 g/mol. The number of nitrogens with zero attached hydrogens (tertiary/aromatic N) is 3. The predicted molar refractivity (Wildman–Crippen MR) is 56.4 cm³/mol. The Labute approximate surface area is 92.2 Å². The number of hydrogen-bond donors (Lipinski definition) is 3. The van der Waals surface area contributed by atoms with Crippen molar-refractivity contribution in [1.29, 1.82) is 0 Å². The summed E-state index contributed by atoms with van der Waals surface area (Å²) in [6, 6.07) is 0. The number of aromatic nitrogens is 3. The van der Waals surface area contributed by atoms with Crippen molar-refractivity contribution in [2.75, 3.05) is 25.9 Å². The van der Waals surface area contributed by atoms with Crippen LogP contribution in [0.15, 0.2) is 0 Å². The summed E-state index contributed by atoms with van der Waals surface area (Å²) >= 11 is 0. The molecule has 0 atom stereocenters. The number of nitrogens with one attached hydrogen (secondary N) is 2. The molecule has 2 amide bonds. The number of nitrogen functional groups attached to an aromatic ring is 1. The number of nitrogens with two attached hydrogens (primary N) is 1. The molecular formula is C8H14N6O2. The van der Waals surface area contributed by atoms with Gasteiger partial charge in [0.05, 0.1) is 6.54 Å². The maximum absolute atomic E-state index is 11.8. The number of likely N-dealkylation sites (N-methyl/N-ethyl adjacent to an activating group) is 2. The summed E-state index contributed by atoms with van der Waals surface area (Å²) in [7, 11) is 1.51. The Bertz CT molecular complexity index is 388. The molecule has 0 aromatic carbocycles. The molecule has 0 bridgehead atoms. The molecule has 4 N–H and O–H groups in total. The standard InChI is InChI=1S/C8H14N6O2/c1-3-14(4-5(15)10-2)7(16)6-11-8(9)13-12-6/h3-4H2,1-2H3,(H,10,15)(H3,9,11,12,13). The monoisotopic (exact) mass is 226 g/mol. The van der Waals surface area contributed by atoms with Crippen LogP contribution < -0.4 is 11.1 Å². The Morgan fingerprint density at radius 1 is 1.56 bits per heavy atom. The maximum atomic E-state index is 11.8. The van der Waals surface area contributed by atoms with Crippen LogP contribution in [-0.2, 0) is 4.79 Å². The first kappa shape index (κ1) is 12.0. The van der Waals surface area contributed by atoms with Crippen LogP contribution in [0.2, 0.25) is 0 Å². The van der Waals surface area contributed by atoms with Gasteiger partial charge < -0.3 is 16.0 Å². The van der Waals surface area contributed by atoms with Crippen LogP contribution in [0.1, 0.15) is 17.5 Å². The molecule has 0 radical (unpaired) electrons. The van der Waals surface area contributed by atoms with Crippen LogP contribution in [-0.4, -0.2) is 52.0 Å². The van der Waals surface area contributed by atoms with E-state index in [2.05, 4.69) is 20.5 Å². The van der Waals surface area contributed by atoms with Gasteiger partial charge in [-0.25, -0.2) is 0 Å². The van der Waals surface area contributed by atoms with Gasteiger partial charge in [-0.3, -0.25) is 14.7 Å². The molecule has 0 aliphatic carbocycles.